The highest BCUT2D eigenvalue weighted by molar-refractivity contribution is 5.66. The Kier molecular flexibility index (Phi) is 4.70. The number of methoxy groups -OCH3 is 2. The summed E-state index contributed by atoms with van der Waals surface area (Å²) in [5.41, 5.74) is -1.20. The third-order valence-corrected chi connectivity index (χ3v) is 11.2. The molecule has 7 nitrogen and oxygen atoms in total. The summed E-state index contributed by atoms with van der Waals surface area (Å²) in [5, 5.41) is 24.4. The summed E-state index contributed by atoms with van der Waals surface area (Å²) >= 11 is 0. The molecule has 32 heavy (non-hydrogen) atoms. The SMILES string of the molecule is CCN1C[C@@]2(COC)CC[C@H](O)[C@@]34[C@@H]5C[C@H]6[C@H](OC(C)=O)[C@@H]5[C@](O)(C[C@@H]6OC)[C@H](C[C@H]23)[C@@H]14. The predicted octanol–water partition coefficient (Wildman–Crippen LogP) is 1.45. The molecule has 1 aliphatic heterocycles. The van der Waals surface area contributed by atoms with Crippen LogP contribution in [0.1, 0.15) is 46.0 Å². The highest BCUT2D eigenvalue weighted by Gasteiger charge is 2.83. The van der Waals surface area contributed by atoms with Crippen molar-refractivity contribution >= 4 is 5.97 Å². The smallest absolute Gasteiger partial charge is 0.302 e. The zero-order valence-corrected chi connectivity index (χ0v) is 19.8. The first-order valence-electron chi connectivity index (χ1n) is 12.6. The number of carbonyl (C=O) groups excluding carboxylic acids is 1. The van der Waals surface area contributed by atoms with Gasteiger partial charge in [-0.2, -0.15) is 0 Å². The van der Waals surface area contributed by atoms with Crippen molar-refractivity contribution in [3.8, 4) is 0 Å². The first kappa shape index (κ1) is 21.8. The van der Waals surface area contributed by atoms with E-state index in [1.54, 1.807) is 14.2 Å². The van der Waals surface area contributed by atoms with E-state index in [2.05, 4.69) is 11.8 Å². The van der Waals surface area contributed by atoms with E-state index in [9.17, 15) is 15.0 Å². The average Bonchev–Trinajstić information content (AvgIpc) is 3.20. The van der Waals surface area contributed by atoms with Gasteiger partial charge in [0.05, 0.1) is 24.4 Å². The molecule has 0 aromatic rings. The number of fused-ring (bicyclic) bond motifs is 2. The van der Waals surface area contributed by atoms with Crippen molar-refractivity contribution < 1.29 is 29.2 Å². The molecular formula is C25H39NO6. The number of likely N-dealkylation sites (tertiary alicyclic amines) is 1. The highest BCUT2D eigenvalue weighted by atomic mass is 16.5. The summed E-state index contributed by atoms with van der Waals surface area (Å²) in [6, 6.07) is 0.163. The molecule has 6 rings (SSSR count). The number of nitrogens with zero attached hydrogens (tertiary/aromatic N) is 1. The minimum Gasteiger partial charge on any atom is -0.462 e. The van der Waals surface area contributed by atoms with Crippen LogP contribution in [0, 0.1) is 40.4 Å². The van der Waals surface area contributed by atoms with E-state index in [4.69, 9.17) is 14.2 Å². The standard InChI is InChI=1S/C25H39NO6/c1-5-26-11-23(12-30-3)7-6-19(28)25-15-8-14-17(31-4)10-24(29,16(22(25)26)9-18(23)25)20(15)21(14)32-13(2)27/h14-22,28-29H,5-12H2,1-4H3/t14-,15-,16-,17+,18-,19+,20-,21+,22-,23-,24+,25-/m1/s1. The quantitative estimate of drug-likeness (QED) is 0.614. The van der Waals surface area contributed by atoms with Crippen LogP contribution in [0.5, 0.6) is 0 Å². The van der Waals surface area contributed by atoms with Gasteiger partial charge in [0.15, 0.2) is 0 Å². The second-order valence-electron chi connectivity index (χ2n) is 11.8. The molecule has 6 fully saturated rings. The number of piperidine rings is 1. The number of rotatable bonds is 5. The van der Waals surface area contributed by atoms with Gasteiger partial charge < -0.3 is 24.4 Å². The van der Waals surface area contributed by atoms with E-state index in [1.165, 1.54) is 6.92 Å². The van der Waals surface area contributed by atoms with Crippen LogP contribution in [0.15, 0.2) is 0 Å². The van der Waals surface area contributed by atoms with Gasteiger partial charge in [0.2, 0.25) is 0 Å². The Morgan fingerprint density at radius 2 is 2.00 bits per heavy atom. The molecule has 1 heterocycles. The van der Waals surface area contributed by atoms with Crippen LogP contribution in [-0.2, 0) is 19.0 Å². The lowest BCUT2D eigenvalue weighted by Gasteiger charge is -2.69. The topological polar surface area (TPSA) is 88.5 Å². The monoisotopic (exact) mass is 449 g/mol. The minimum atomic E-state index is -0.942. The van der Waals surface area contributed by atoms with E-state index < -0.39 is 11.7 Å². The number of ether oxygens (including phenoxy) is 3. The first-order chi connectivity index (χ1) is 15.3. The lowest BCUT2D eigenvalue weighted by atomic mass is 9.43. The molecule has 1 saturated heterocycles. The van der Waals surface area contributed by atoms with Gasteiger partial charge >= 0.3 is 5.97 Å². The van der Waals surface area contributed by atoms with Crippen LogP contribution in [0.3, 0.4) is 0 Å². The number of esters is 1. The Labute approximate surface area is 190 Å². The van der Waals surface area contributed by atoms with E-state index >= 15 is 0 Å². The molecule has 5 aliphatic carbocycles. The number of carbonyl (C=O) groups is 1. The van der Waals surface area contributed by atoms with E-state index in [1.807, 2.05) is 0 Å². The number of hydrogen-bond donors (Lipinski definition) is 2. The fraction of sp³-hybridized carbons (Fsp3) is 0.960. The third-order valence-electron chi connectivity index (χ3n) is 11.2. The summed E-state index contributed by atoms with van der Waals surface area (Å²) in [6.07, 6.45) is 3.27. The molecule has 0 unspecified atom stereocenters. The van der Waals surface area contributed by atoms with Gasteiger partial charge in [0, 0.05) is 68.7 Å². The Morgan fingerprint density at radius 3 is 2.66 bits per heavy atom. The Hall–Kier alpha value is -0.730. The van der Waals surface area contributed by atoms with Gasteiger partial charge in [-0.3, -0.25) is 9.69 Å². The predicted molar refractivity (Wildman–Crippen MR) is 116 cm³/mol. The molecule has 6 aliphatic rings. The van der Waals surface area contributed by atoms with Crippen molar-refractivity contribution in [2.24, 2.45) is 40.4 Å². The van der Waals surface area contributed by atoms with Gasteiger partial charge in [-0.05, 0) is 44.1 Å². The average molecular weight is 450 g/mol. The normalized spacial score (nSPS) is 57.5. The largest absolute Gasteiger partial charge is 0.462 e. The zero-order valence-electron chi connectivity index (χ0n) is 19.8. The lowest BCUT2D eigenvalue weighted by Crippen LogP contribution is -2.76. The second kappa shape index (κ2) is 6.91. The van der Waals surface area contributed by atoms with Gasteiger partial charge in [-0.25, -0.2) is 0 Å². The van der Waals surface area contributed by atoms with E-state index in [0.717, 1.165) is 38.8 Å². The first-order valence-corrected chi connectivity index (χ1v) is 12.6. The molecule has 12 atom stereocenters. The van der Waals surface area contributed by atoms with Crippen LogP contribution >= 0.6 is 0 Å². The van der Waals surface area contributed by atoms with Crippen molar-refractivity contribution in [2.75, 3.05) is 33.9 Å². The van der Waals surface area contributed by atoms with Crippen LogP contribution in [-0.4, -0.2) is 85.0 Å². The van der Waals surface area contributed by atoms with Crippen molar-refractivity contribution in [1.29, 1.82) is 0 Å². The maximum Gasteiger partial charge on any atom is 0.302 e. The Balaban J connectivity index is 1.56. The fourth-order valence-corrected chi connectivity index (χ4v) is 10.7. The molecule has 180 valence electrons. The van der Waals surface area contributed by atoms with Gasteiger partial charge in [0.1, 0.15) is 6.10 Å². The molecule has 0 aromatic carbocycles. The van der Waals surface area contributed by atoms with E-state index in [0.29, 0.717) is 18.9 Å². The fourth-order valence-electron chi connectivity index (χ4n) is 10.7. The van der Waals surface area contributed by atoms with Gasteiger partial charge in [0.25, 0.3) is 0 Å². The molecule has 7 heteroatoms. The zero-order chi connectivity index (χ0) is 22.6. The molecule has 2 N–H and O–H groups in total. The summed E-state index contributed by atoms with van der Waals surface area (Å²) in [6.45, 7) is 6.27. The van der Waals surface area contributed by atoms with Crippen molar-refractivity contribution in [3.05, 3.63) is 0 Å². The molecule has 7 bridgehead atoms. The number of aliphatic hydroxyl groups is 2. The van der Waals surface area contributed by atoms with Crippen molar-refractivity contribution in [3.63, 3.8) is 0 Å². The Morgan fingerprint density at radius 1 is 1.22 bits per heavy atom. The summed E-state index contributed by atoms with van der Waals surface area (Å²) < 4.78 is 17.7. The third kappa shape index (κ3) is 2.28. The molecule has 0 amide bonds. The highest BCUT2D eigenvalue weighted by Crippen LogP contribution is 2.79. The molecule has 0 radical (unpaired) electrons. The summed E-state index contributed by atoms with van der Waals surface area (Å²) in [7, 11) is 3.51. The molecular weight excluding hydrogens is 410 g/mol. The number of aliphatic hydroxyl groups excluding tert-OH is 1. The Bertz CT molecular complexity index is 807. The molecule has 5 saturated carbocycles. The van der Waals surface area contributed by atoms with Gasteiger partial charge in [-0.15, -0.1) is 0 Å². The van der Waals surface area contributed by atoms with Crippen molar-refractivity contribution in [2.45, 2.75) is 75.9 Å². The van der Waals surface area contributed by atoms with Crippen molar-refractivity contribution in [1.82, 2.24) is 4.90 Å². The maximum atomic E-state index is 12.5. The summed E-state index contributed by atoms with van der Waals surface area (Å²) in [4.78, 5) is 14.7. The number of hydrogen-bond acceptors (Lipinski definition) is 7. The lowest BCUT2D eigenvalue weighted by molar-refractivity contribution is -0.274. The van der Waals surface area contributed by atoms with Crippen LogP contribution in [0.2, 0.25) is 0 Å². The molecule has 1 spiro atoms. The van der Waals surface area contributed by atoms with Crippen LogP contribution < -0.4 is 0 Å². The second-order valence-corrected chi connectivity index (χ2v) is 11.8. The van der Waals surface area contributed by atoms with Gasteiger partial charge in [-0.1, -0.05) is 6.92 Å². The van der Waals surface area contributed by atoms with E-state index in [-0.39, 0.29) is 58.7 Å². The maximum absolute atomic E-state index is 12.5. The minimum absolute atomic E-state index is 0.0138. The van der Waals surface area contributed by atoms with Crippen LogP contribution in [0.4, 0.5) is 0 Å². The molecule has 0 aromatic heterocycles. The van der Waals surface area contributed by atoms with Crippen LogP contribution in [0.25, 0.3) is 0 Å². The summed E-state index contributed by atoms with van der Waals surface area (Å²) in [5.74, 6) is 0.164.